The van der Waals surface area contributed by atoms with Crippen molar-refractivity contribution in [1.29, 1.82) is 0 Å². The molecule has 0 atom stereocenters. The third-order valence-corrected chi connectivity index (χ3v) is 2.59. The zero-order valence-electron chi connectivity index (χ0n) is 10.7. The van der Waals surface area contributed by atoms with Crippen molar-refractivity contribution in [3.63, 3.8) is 0 Å². The molecule has 0 saturated heterocycles. The monoisotopic (exact) mass is 278 g/mol. The first-order chi connectivity index (χ1) is 9.08. The number of carbonyl (C=O) groups excluding carboxylic acids is 1. The van der Waals surface area contributed by atoms with E-state index in [2.05, 4.69) is 26.9 Å². The minimum absolute atomic E-state index is 0.276. The van der Waals surface area contributed by atoms with Crippen molar-refractivity contribution >= 4 is 29.3 Å². The van der Waals surface area contributed by atoms with Gasteiger partial charge < -0.3 is 10.6 Å². The van der Waals surface area contributed by atoms with Gasteiger partial charge in [-0.15, -0.1) is 6.42 Å². The Morgan fingerprint density at radius 2 is 2.26 bits per heavy atom. The maximum atomic E-state index is 11.8. The molecule has 0 radical (unpaired) electrons. The van der Waals surface area contributed by atoms with Crippen molar-refractivity contribution in [3.8, 4) is 12.3 Å². The Morgan fingerprint density at radius 3 is 2.84 bits per heavy atom. The Morgan fingerprint density at radius 1 is 1.53 bits per heavy atom. The topological polar surface area (TPSA) is 65.5 Å². The number of anilines is 1. The summed E-state index contributed by atoms with van der Waals surface area (Å²) >= 11 is 6.01. The molecule has 1 aromatic carbocycles. The summed E-state index contributed by atoms with van der Waals surface area (Å²) in [6.45, 7) is 2.13. The molecule has 5 nitrogen and oxygen atoms in total. The molecule has 1 rings (SSSR count). The van der Waals surface area contributed by atoms with Gasteiger partial charge in [0.15, 0.2) is 5.96 Å². The number of hydrogen-bond acceptors (Lipinski definition) is 2. The lowest BCUT2D eigenvalue weighted by Gasteiger charge is -2.12. The van der Waals surface area contributed by atoms with Crippen LogP contribution in [0.4, 0.5) is 10.5 Å². The van der Waals surface area contributed by atoms with Gasteiger partial charge in [0.05, 0.1) is 17.3 Å². The first-order valence-electron chi connectivity index (χ1n) is 5.55. The van der Waals surface area contributed by atoms with Crippen LogP contribution in [-0.2, 0) is 0 Å². The summed E-state index contributed by atoms with van der Waals surface area (Å²) in [4.78, 5) is 15.7. The number of hydrogen-bond donors (Lipinski definition) is 3. The Balaban J connectivity index is 2.68. The summed E-state index contributed by atoms with van der Waals surface area (Å²) in [5.41, 5.74) is 1.43. The number of aliphatic imine (C=N–C) groups is 1. The smallest absolute Gasteiger partial charge is 0.326 e. The molecular weight excluding hydrogens is 264 g/mol. The van der Waals surface area contributed by atoms with E-state index in [4.69, 9.17) is 18.0 Å². The fourth-order valence-electron chi connectivity index (χ4n) is 1.36. The number of para-hydroxylation sites is 1. The Bertz CT molecular complexity index is 514. The minimum Gasteiger partial charge on any atom is -0.345 e. The average Bonchev–Trinajstić information content (AvgIpc) is 2.39. The van der Waals surface area contributed by atoms with Gasteiger partial charge in [-0.1, -0.05) is 29.7 Å². The van der Waals surface area contributed by atoms with E-state index < -0.39 is 6.03 Å². The van der Waals surface area contributed by atoms with E-state index in [9.17, 15) is 4.79 Å². The van der Waals surface area contributed by atoms with Gasteiger partial charge in [-0.2, -0.15) is 0 Å². The largest absolute Gasteiger partial charge is 0.345 e. The lowest BCUT2D eigenvalue weighted by molar-refractivity contribution is 0.256. The van der Waals surface area contributed by atoms with E-state index in [-0.39, 0.29) is 6.54 Å². The maximum Gasteiger partial charge on any atom is 0.326 e. The summed E-state index contributed by atoms with van der Waals surface area (Å²) in [6.07, 6.45) is 5.11. The van der Waals surface area contributed by atoms with Crippen molar-refractivity contribution in [1.82, 2.24) is 10.6 Å². The zero-order chi connectivity index (χ0) is 14.3. The molecule has 0 aliphatic carbocycles. The number of aryl methyl sites for hydroxylation is 1. The highest BCUT2D eigenvalue weighted by atomic mass is 35.5. The van der Waals surface area contributed by atoms with Crippen LogP contribution in [0.1, 0.15) is 5.56 Å². The molecule has 0 aliphatic rings. The van der Waals surface area contributed by atoms with Crippen LogP contribution < -0.4 is 16.0 Å². The molecular formula is C13H15ClN4O. The summed E-state index contributed by atoms with van der Waals surface area (Å²) < 4.78 is 0. The van der Waals surface area contributed by atoms with E-state index in [1.165, 1.54) is 0 Å². The van der Waals surface area contributed by atoms with E-state index in [1.807, 2.05) is 19.1 Å². The normalized spacial score (nSPS) is 10.5. The molecule has 0 aliphatic heterocycles. The third-order valence-electron chi connectivity index (χ3n) is 2.27. The molecule has 19 heavy (non-hydrogen) atoms. The first-order valence-corrected chi connectivity index (χ1v) is 5.93. The number of rotatable bonds is 2. The van der Waals surface area contributed by atoms with Crippen LogP contribution in [0.5, 0.6) is 0 Å². The maximum absolute atomic E-state index is 11.8. The van der Waals surface area contributed by atoms with Gasteiger partial charge in [0.2, 0.25) is 0 Å². The highest BCUT2D eigenvalue weighted by Gasteiger charge is 2.09. The van der Waals surface area contributed by atoms with E-state index in [0.29, 0.717) is 16.7 Å². The van der Waals surface area contributed by atoms with E-state index >= 15 is 0 Å². The summed E-state index contributed by atoms with van der Waals surface area (Å²) in [7, 11) is 1.54. The van der Waals surface area contributed by atoms with Gasteiger partial charge in [0.25, 0.3) is 0 Å². The summed E-state index contributed by atoms with van der Waals surface area (Å²) in [5, 5.41) is 8.45. The van der Waals surface area contributed by atoms with Crippen molar-refractivity contribution in [2.24, 2.45) is 4.99 Å². The van der Waals surface area contributed by atoms with E-state index in [1.54, 1.807) is 13.1 Å². The number of terminal acetylenes is 1. The highest BCUT2D eigenvalue weighted by molar-refractivity contribution is 6.34. The Labute approximate surface area is 117 Å². The van der Waals surface area contributed by atoms with Crippen LogP contribution in [0, 0.1) is 19.3 Å². The summed E-state index contributed by atoms with van der Waals surface area (Å²) in [5.74, 6) is 2.68. The van der Waals surface area contributed by atoms with Gasteiger partial charge in [-0.05, 0) is 18.6 Å². The van der Waals surface area contributed by atoms with Gasteiger partial charge in [-0.25, -0.2) is 4.79 Å². The fourth-order valence-corrected chi connectivity index (χ4v) is 1.63. The number of nitrogens with zero attached hydrogens (tertiary/aromatic N) is 1. The molecule has 0 bridgehead atoms. The van der Waals surface area contributed by atoms with E-state index in [0.717, 1.165) is 5.56 Å². The summed E-state index contributed by atoms with van der Waals surface area (Å²) in [6, 6.07) is 4.93. The van der Waals surface area contributed by atoms with Gasteiger partial charge >= 0.3 is 6.03 Å². The van der Waals surface area contributed by atoms with Crippen LogP contribution in [0.15, 0.2) is 23.2 Å². The molecule has 0 saturated carbocycles. The van der Waals surface area contributed by atoms with Crippen LogP contribution in [0.25, 0.3) is 0 Å². The van der Waals surface area contributed by atoms with Gasteiger partial charge in [0, 0.05) is 7.05 Å². The minimum atomic E-state index is -0.443. The number of amides is 2. The Kier molecular flexibility index (Phi) is 5.71. The van der Waals surface area contributed by atoms with Crippen LogP contribution in [0.3, 0.4) is 0 Å². The lowest BCUT2D eigenvalue weighted by Crippen LogP contribution is -2.43. The molecule has 2 amide bonds. The first kappa shape index (κ1) is 14.9. The second-order valence-corrected chi connectivity index (χ2v) is 4.05. The molecule has 100 valence electrons. The SMILES string of the molecule is C#CCNC(=NC)NC(=O)Nc1c(C)cccc1Cl. The number of carbonyl (C=O) groups is 1. The number of urea groups is 1. The van der Waals surface area contributed by atoms with Crippen LogP contribution in [-0.4, -0.2) is 25.6 Å². The highest BCUT2D eigenvalue weighted by Crippen LogP contribution is 2.24. The predicted molar refractivity (Wildman–Crippen MR) is 78.5 cm³/mol. The third kappa shape index (κ3) is 4.53. The molecule has 0 unspecified atom stereocenters. The molecule has 0 spiro atoms. The average molecular weight is 279 g/mol. The molecule has 0 fully saturated rings. The lowest BCUT2D eigenvalue weighted by atomic mass is 10.2. The van der Waals surface area contributed by atoms with Crippen LogP contribution >= 0.6 is 11.6 Å². The Hall–Kier alpha value is -2.19. The second-order valence-electron chi connectivity index (χ2n) is 3.64. The number of benzene rings is 1. The quantitative estimate of drug-likeness (QED) is 0.440. The van der Waals surface area contributed by atoms with Crippen molar-refractivity contribution in [2.45, 2.75) is 6.92 Å². The van der Waals surface area contributed by atoms with Gasteiger partial charge in [0.1, 0.15) is 0 Å². The fraction of sp³-hybridized carbons (Fsp3) is 0.231. The standard InChI is InChI=1S/C13H15ClN4O/c1-4-8-16-12(15-3)18-13(19)17-11-9(2)6-5-7-10(11)14/h1,5-7H,8H2,2-3H3,(H3,15,16,17,18,19). The second kappa shape index (κ2) is 7.29. The van der Waals surface area contributed by atoms with Crippen molar-refractivity contribution < 1.29 is 4.79 Å². The number of nitrogens with one attached hydrogen (secondary N) is 3. The number of halogens is 1. The zero-order valence-corrected chi connectivity index (χ0v) is 11.5. The van der Waals surface area contributed by atoms with Crippen molar-refractivity contribution in [2.75, 3.05) is 18.9 Å². The molecule has 0 heterocycles. The van der Waals surface area contributed by atoms with Crippen molar-refractivity contribution in [3.05, 3.63) is 28.8 Å². The van der Waals surface area contributed by atoms with Crippen LogP contribution in [0.2, 0.25) is 5.02 Å². The predicted octanol–water partition coefficient (Wildman–Crippen LogP) is 1.98. The number of guanidine groups is 1. The molecule has 3 N–H and O–H groups in total. The molecule has 1 aromatic rings. The molecule has 0 aromatic heterocycles. The molecule has 6 heteroatoms. The van der Waals surface area contributed by atoms with Gasteiger partial charge in [-0.3, -0.25) is 10.3 Å².